The van der Waals surface area contributed by atoms with Crippen LogP contribution in [0.5, 0.6) is 0 Å². The van der Waals surface area contributed by atoms with Crippen LogP contribution in [0.25, 0.3) is 0 Å². The van der Waals surface area contributed by atoms with E-state index in [1.54, 1.807) is 35.4 Å². The number of hydrogen-bond acceptors (Lipinski definition) is 5. The van der Waals surface area contributed by atoms with Crippen LogP contribution in [0.4, 0.5) is 11.5 Å². The average molecular weight is 384 g/mol. The van der Waals surface area contributed by atoms with Crippen LogP contribution in [0.1, 0.15) is 21.6 Å². The third-order valence-electron chi connectivity index (χ3n) is 4.31. The Bertz CT molecular complexity index is 1080. The van der Waals surface area contributed by atoms with E-state index >= 15 is 0 Å². The first kappa shape index (κ1) is 18.4. The summed E-state index contributed by atoms with van der Waals surface area (Å²) in [6, 6.07) is 19.2. The number of nitrogens with zero attached hydrogens (tertiary/aromatic N) is 4. The number of rotatable bonds is 7. The largest absolute Gasteiger partial charge is 0.381 e. The van der Waals surface area contributed by atoms with Crippen molar-refractivity contribution < 1.29 is 4.79 Å². The lowest BCUT2D eigenvalue weighted by Crippen LogP contribution is -2.15. The van der Waals surface area contributed by atoms with Crippen LogP contribution >= 0.6 is 0 Å². The topological polar surface area (TPSA) is 84.7 Å². The Balaban J connectivity index is 1.37. The third-order valence-corrected chi connectivity index (χ3v) is 4.31. The van der Waals surface area contributed by atoms with E-state index in [9.17, 15) is 4.79 Å². The molecule has 0 spiro atoms. The molecule has 4 aromatic rings. The molecule has 7 nitrogen and oxygen atoms in total. The quantitative estimate of drug-likeness (QED) is 0.509. The van der Waals surface area contributed by atoms with Gasteiger partial charge in [0.25, 0.3) is 5.91 Å². The molecule has 0 fully saturated rings. The normalized spacial score (nSPS) is 10.5. The molecule has 0 aliphatic carbocycles. The van der Waals surface area contributed by atoms with Crippen molar-refractivity contribution in [1.29, 1.82) is 0 Å². The lowest BCUT2D eigenvalue weighted by molar-refractivity contribution is 0.102. The van der Waals surface area contributed by atoms with E-state index in [0.717, 1.165) is 16.8 Å². The minimum atomic E-state index is -0.303. The molecule has 0 aliphatic rings. The van der Waals surface area contributed by atoms with Crippen molar-refractivity contribution in [3.05, 3.63) is 102 Å². The first-order valence-electron chi connectivity index (χ1n) is 9.24. The molecule has 0 unspecified atom stereocenters. The summed E-state index contributed by atoms with van der Waals surface area (Å²) in [5.41, 5.74) is 3.40. The highest BCUT2D eigenvalue weighted by atomic mass is 16.2. The van der Waals surface area contributed by atoms with Gasteiger partial charge in [0, 0.05) is 43.1 Å². The highest BCUT2D eigenvalue weighted by Gasteiger charge is 2.10. The summed E-state index contributed by atoms with van der Waals surface area (Å²) in [6.45, 7) is 1.28. The number of anilines is 2. The van der Waals surface area contributed by atoms with E-state index in [0.29, 0.717) is 24.6 Å². The Labute approximate surface area is 168 Å². The number of amides is 1. The number of benzene rings is 1. The Hall–Kier alpha value is -4.00. The number of carbonyl (C=O) groups is 1. The number of hydrogen-bond donors (Lipinski definition) is 2. The van der Waals surface area contributed by atoms with Crippen molar-refractivity contribution in [3.8, 4) is 0 Å². The summed E-state index contributed by atoms with van der Waals surface area (Å²) in [7, 11) is 0. The fourth-order valence-electron chi connectivity index (χ4n) is 2.84. The minimum Gasteiger partial charge on any atom is -0.381 e. The lowest BCUT2D eigenvalue weighted by Gasteiger charge is -2.08. The standard InChI is InChI=1S/C22H20N6O/c29-22(26-21-9-13-28(27-21)16-18-6-10-23-11-7-18)20-14-19(8-12-24-20)25-15-17-4-2-1-3-5-17/h1-14H,15-16H2,(H,24,25)(H,26,27,29). The van der Waals surface area contributed by atoms with Crippen LogP contribution in [-0.2, 0) is 13.1 Å². The van der Waals surface area contributed by atoms with Gasteiger partial charge in [-0.25, -0.2) is 0 Å². The number of pyridine rings is 2. The fourth-order valence-corrected chi connectivity index (χ4v) is 2.84. The van der Waals surface area contributed by atoms with Gasteiger partial charge in [0.1, 0.15) is 5.69 Å². The lowest BCUT2D eigenvalue weighted by atomic mass is 10.2. The zero-order valence-corrected chi connectivity index (χ0v) is 15.7. The maximum absolute atomic E-state index is 12.5. The number of aromatic nitrogens is 4. The molecule has 3 heterocycles. The maximum atomic E-state index is 12.5. The van der Waals surface area contributed by atoms with Gasteiger partial charge in [-0.2, -0.15) is 5.10 Å². The minimum absolute atomic E-state index is 0.303. The van der Waals surface area contributed by atoms with E-state index in [4.69, 9.17) is 0 Å². The molecule has 1 amide bonds. The molecular formula is C22H20N6O. The van der Waals surface area contributed by atoms with Crippen molar-refractivity contribution in [2.75, 3.05) is 10.6 Å². The van der Waals surface area contributed by atoms with Gasteiger partial charge in [-0.15, -0.1) is 0 Å². The molecule has 29 heavy (non-hydrogen) atoms. The SMILES string of the molecule is O=C(Nc1ccn(Cc2ccncc2)n1)c1cc(NCc2ccccc2)ccn1. The van der Waals surface area contributed by atoms with Gasteiger partial charge in [0.2, 0.25) is 0 Å². The van der Waals surface area contributed by atoms with Gasteiger partial charge in [-0.3, -0.25) is 19.4 Å². The van der Waals surface area contributed by atoms with E-state index in [1.807, 2.05) is 54.7 Å². The van der Waals surface area contributed by atoms with Gasteiger partial charge in [0.15, 0.2) is 5.82 Å². The predicted molar refractivity (Wildman–Crippen MR) is 112 cm³/mol. The van der Waals surface area contributed by atoms with Crippen LogP contribution in [0, 0.1) is 0 Å². The molecule has 3 aromatic heterocycles. The highest BCUT2D eigenvalue weighted by molar-refractivity contribution is 6.02. The fraction of sp³-hybridized carbons (Fsp3) is 0.0909. The monoisotopic (exact) mass is 384 g/mol. The average Bonchev–Trinajstić information content (AvgIpc) is 3.20. The van der Waals surface area contributed by atoms with Crippen LogP contribution in [0.2, 0.25) is 0 Å². The molecule has 0 radical (unpaired) electrons. The molecular weight excluding hydrogens is 364 g/mol. The number of carbonyl (C=O) groups excluding carboxylic acids is 1. The first-order chi connectivity index (χ1) is 14.3. The van der Waals surface area contributed by atoms with Crippen molar-refractivity contribution >= 4 is 17.4 Å². The summed E-state index contributed by atoms with van der Waals surface area (Å²) in [5, 5.41) is 10.5. The molecule has 0 aliphatic heterocycles. The van der Waals surface area contributed by atoms with Crippen LogP contribution in [0.3, 0.4) is 0 Å². The van der Waals surface area contributed by atoms with E-state index in [2.05, 4.69) is 25.7 Å². The smallest absolute Gasteiger partial charge is 0.275 e. The first-order valence-corrected chi connectivity index (χ1v) is 9.24. The summed E-state index contributed by atoms with van der Waals surface area (Å²) in [4.78, 5) is 20.7. The molecule has 7 heteroatoms. The second-order valence-electron chi connectivity index (χ2n) is 6.48. The summed E-state index contributed by atoms with van der Waals surface area (Å²) in [6.07, 6.45) is 6.92. The van der Waals surface area contributed by atoms with Crippen molar-refractivity contribution in [2.45, 2.75) is 13.1 Å². The van der Waals surface area contributed by atoms with Gasteiger partial charge in [-0.1, -0.05) is 30.3 Å². The van der Waals surface area contributed by atoms with Crippen LogP contribution in [-0.4, -0.2) is 25.7 Å². The van der Waals surface area contributed by atoms with Gasteiger partial charge >= 0.3 is 0 Å². The third kappa shape index (κ3) is 5.04. The van der Waals surface area contributed by atoms with Gasteiger partial charge in [-0.05, 0) is 35.4 Å². The molecule has 144 valence electrons. The zero-order valence-electron chi connectivity index (χ0n) is 15.7. The summed E-state index contributed by atoms with van der Waals surface area (Å²) < 4.78 is 1.76. The molecule has 0 atom stereocenters. The Morgan fingerprint density at radius 3 is 2.59 bits per heavy atom. The molecule has 0 saturated heterocycles. The summed E-state index contributed by atoms with van der Waals surface area (Å²) in [5.74, 6) is 0.177. The molecule has 4 rings (SSSR count). The van der Waals surface area contributed by atoms with E-state index in [1.165, 1.54) is 0 Å². The van der Waals surface area contributed by atoms with E-state index < -0.39 is 0 Å². The maximum Gasteiger partial charge on any atom is 0.275 e. The zero-order chi connectivity index (χ0) is 19.9. The van der Waals surface area contributed by atoms with Crippen molar-refractivity contribution in [2.24, 2.45) is 0 Å². The van der Waals surface area contributed by atoms with Crippen LogP contribution in [0.15, 0.2) is 85.5 Å². The second kappa shape index (κ2) is 8.79. The molecule has 1 aromatic carbocycles. The van der Waals surface area contributed by atoms with E-state index in [-0.39, 0.29) is 5.91 Å². The van der Waals surface area contributed by atoms with Gasteiger partial charge in [0.05, 0.1) is 6.54 Å². The highest BCUT2D eigenvalue weighted by Crippen LogP contribution is 2.12. The van der Waals surface area contributed by atoms with Crippen molar-refractivity contribution in [3.63, 3.8) is 0 Å². The summed E-state index contributed by atoms with van der Waals surface area (Å²) >= 11 is 0. The van der Waals surface area contributed by atoms with Crippen LogP contribution < -0.4 is 10.6 Å². The van der Waals surface area contributed by atoms with Gasteiger partial charge < -0.3 is 10.6 Å². The molecule has 2 N–H and O–H groups in total. The second-order valence-corrected chi connectivity index (χ2v) is 6.48. The Morgan fingerprint density at radius 2 is 1.76 bits per heavy atom. The Morgan fingerprint density at radius 1 is 0.931 bits per heavy atom. The predicted octanol–water partition coefficient (Wildman–Crippen LogP) is 3.59. The molecule has 0 saturated carbocycles. The van der Waals surface area contributed by atoms with Crippen molar-refractivity contribution in [1.82, 2.24) is 19.7 Å². The Kier molecular flexibility index (Phi) is 5.57. The molecule has 0 bridgehead atoms. The number of nitrogens with one attached hydrogen (secondary N) is 2.